The number of aromatic amines is 1. The van der Waals surface area contributed by atoms with E-state index in [0.717, 1.165) is 26.8 Å². The summed E-state index contributed by atoms with van der Waals surface area (Å²) in [5.74, 6) is 1.36. The predicted octanol–water partition coefficient (Wildman–Crippen LogP) is 5.79. The number of H-pyrrole nitrogens is 1. The van der Waals surface area contributed by atoms with Crippen LogP contribution in [0.2, 0.25) is 0 Å². The standard InChI is InChI=1S/C21H20BrN3O/c1-12(2)26-20-6-5-15(10-17(20)22)9-16(11-23)21-24-18-7-13(3)14(4)8-19(18)25-21/h5-10,12H,1-4H3,(H,24,25)/b16-9-. The Morgan fingerprint density at radius 1 is 1.23 bits per heavy atom. The van der Waals surface area contributed by atoms with E-state index in [-0.39, 0.29) is 6.10 Å². The van der Waals surface area contributed by atoms with Crippen LogP contribution >= 0.6 is 15.9 Å². The third-order valence-electron chi connectivity index (χ3n) is 4.10. The Morgan fingerprint density at radius 2 is 1.96 bits per heavy atom. The number of fused-ring (bicyclic) bond motifs is 1. The van der Waals surface area contributed by atoms with Crippen molar-refractivity contribution in [2.45, 2.75) is 33.8 Å². The van der Waals surface area contributed by atoms with Gasteiger partial charge in [0, 0.05) is 0 Å². The van der Waals surface area contributed by atoms with Gasteiger partial charge in [-0.25, -0.2) is 4.98 Å². The summed E-state index contributed by atoms with van der Waals surface area (Å²) in [6.07, 6.45) is 1.92. The van der Waals surface area contributed by atoms with Gasteiger partial charge in [0.2, 0.25) is 0 Å². The first kappa shape index (κ1) is 18.2. The molecule has 0 saturated carbocycles. The fourth-order valence-corrected chi connectivity index (χ4v) is 3.16. The molecular weight excluding hydrogens is 390 g/mol. The second kappa shape index (κ2) is 7.35. The Hall–Kier alpha value is -2.58. The molecule has 3 aromatic rings. The van der Waals surface area contributed by atoms with Gasteiger partial charge < -0.3 is 9.72 Å². The van der Waals surface area contributed by atoms with Crippen LogP contribution in [0, 0.1) is 25.2 Å². The number of nitrogens with one attached hydrogen (secondary N) is 1. The van der Waals surface area contributed by atoms with E-state index in [0.29, 0.717) is 11.4 Å². The first-order valence-corrected chi connectivity index (χ1v) is 9.22. The molecule has 0 fully saturated rings. The molecule has 0 saturated heterocycles. The topological polar surface area (TPSA) is 61.7 Å². The Morgan fingerprint density at radius 3 is 2.62 bits per heavy atom. The highest BCUT2D eigenvalue weighted by Gasteiger charge is 2.10. The molecule has 0 atom stereocenters. The zero-order chi connectivity index (χ0) is 18.8. The fraction of sp³-hybridized carbons (Fsp3) is 0.238. The number of nitrogens with zero attached hydrogens (tertiary/aromatic N) is 2. The van der Waals surface area contributed by atoms with Crippen molar-refractivity contribution >= 4 is 38.6 Å². The number of aryl methyl sites for hydroxylation is 2. The zero-order valence-corrected chi connectivity index (χ0v) is 16.8. The third kappa shape index (κ3) is 3.81. The third-order valence-corrected chi connectivity index (χ3v) is 4.72. The van der Waals surface area contributed by atoms with Crippen LogP contribution in [0.15, 0.2) is 34.8 Å². The summed E-state index contributed by atoms with van der Waals surface area (Å²) in [4.78, 5) is 7.83. The molecule has 0 aliphatic rings. The van der Waals surface area contributed by atoms with Crippen molar-refractivity contribution in [3.05, 3.63) is 57.3 Å². The summed E-state index contributed by atoms with van der Waals surface area (Å²) in [5, 5.41) is 9.60. The number of allylic oxidation sites excluding steroid dienone is 1. The molecule has 0 bridgehead atoms. The molecular formula is C21H20BrN3O. The lowest BCUT2D eigenvalue weighted by atomic mass is 10.1. The van der Waals surface area contributed by atoms with Gasteiger partial charge in [-0.2, -0.15) is 5.26 Å². The largest absolute Gasteiger partial charge is 0.490 e. The normalized spacial score (nSPS) is 11.8. The molecule has 0 aliphatic heterocycles. The van der Waals surface area contributed by atoms with E-state index < -0.39 is 0 Å². The summed E-state index contributed by atoms with van der Waals surface area (Å²) >= 11 is 3.53. The van der Waals surface area contributed by atoms with Crippen LogP contribution in [0.5, 0.6) is 5.75 Å². The number of hydrogen-bond donors (Lipinski definition) is 1. The molecule has 0 amide bonds. The van der Waals surface area contributed by atoms with E-state index in [1.54, 1.807) is 0 Å². The van der Waals surface area contributed by atoms with Gasteiger partial charge in [-0.15, -0.1) is 0 Å². The van der Waals surface area contributed by atoms with E-state index in [1.807, 2.05) is 44.2 Å². The quantitative estimate of drug-likeness (QED) is 0.554. The maximum Gasteiger partial charge on any atom is 0.149 e. The van der Waals surface area contributed by atoms with Gasteiger partial charge in [0.15, 0.2) is 0 Å². The van der Waals surface area contributed by atoms with Crippen LogP contribution in [0.1, 0.15) is 36.4 Å². The summed E-state index contributed by atoms with van der Waals surface area (Å²) in [6, 6.07) is 12.1. The number of nitriles is 1. The highest BCUT2D eigenvalue weighted by atomic mass is 79.9. The van der Waals surface area contributed by atoms with Gasteiger partial charge >= 0.3 is 0 Å². The Labute approximate surface area is 161 Å². The predicted molar refractivity (Wildman–Crippen MR) is 109 cm³/mol. The van der Waals surface area contributed by atoms with Crippen molar-refractivity contribution in [1.29, 1.82) is 5.26 Å². The molecule has 0 unspecified atom stereocenters. The van der Waals surface area contributed by atoms with Crippen LogP contribution in [0.25, 0.3) is 22.7 Å². The average Bonchev–Trinajstić information content (AvgIpc) is 2.97. The van der Waals surface area contributed by atoms with Gasteiger partial charge in [-0.3, -0.25) is 0 Å². The molecule has 2 aromatic carbocycles. The maximum atomic E-state index is 9.60. The number of aromatic nitrogens is 2. The molecule has 132 valence electrons. The lowest BCUT2D eigenvalue weighted by Gasteiger charge is -2.11. The number of benzene rings is 2. The zero-order valence-electron chi connectivity index (χ0n) is 15.2. The number of hydrogen-bond acceptors (Lipinski definition) is 3. The summed E-state index contributed by atoms with van der Waals surface area (Å²) in [6.45, 7) is 8.09. The number of imidazole rings is 1. The minimum atomic E-state index is 0.102. The van der Waals surface area contributed by atoms with Crippen LogP contribution in [0.4, 0.5) is 0 Å². The molecule has 0 aliphatic carbocycles. The van der Waals surface area contributed by atoms with E-state index in [1.165, 1.54) is 11.1 Å². The molecule has 5 heteroatoms. The van der Waals surface area contributed by atoms with Gasteiger partial charge in [-0.1, -0.05) is 6.07 Å². The van der Waals surface area contributed by atoms with Gasteiger partial charge in [0.1, 0.15) is 17.6 Å². The number of halogens is 1. The van der Waals surface area contributed by atoms with Crippen molar-refractivity contribution in [2.24, 2.45) is 0 Å². The second-order valence-electron chi connectivity index (χ2n) is 6.57. The van der Waals surface area contributed by atoms with E-state index in [9.17, 15) is 5.26 Å². The first-order valence-electron chi connectivity index (χ1n) is 8.42. The Bertz CT molecular complexity index is 1000. The summed E-state index contributed by atoms with van der Waals surface area (Å²) in [7, 11) is 0. The molecule has 3 rings (SSSR count). The van der Waals surface area contributed by atoms with Crippen molar-refractivity contribution in [3.8, 4) is 11.8 Å². The Kier molecular flexibility index (Phi) is 5.15. The first-order chi connectivity index (χ1) is 12.4. The average molecular weight is 410 g/mol. The fourth-order valence-electron chi connectivity index (χ4n) is 2.67. The molecule has 0 radical (unpaired) electrons. The van der Waals surface area contributed by atoms with Crippen molar-refractivity contribution in [2.75, 3.05) is 0 Å². The maximum absolute atomic E-state index is 9.60. The monoisotopic (exact) mass is 409 g/mol. The van der Waals surface area contributed by atoms with Crippen LogP contribution in [-0.4, -0.2) is 16.1 Å². The molecule has 1 aromatic heterocycles. The van der Waals surface area contributed by atoms with Crippen molar-refractivity contribution in [1.82, 2.24) is 9.97 Å². The smallest absolute Gasteiger partial charge is 0.149 e. The van der Waals surface area contributed by atoms with E-state index in [2.05, 4.69) is 51.9 Å². The minimum absolute atomic E-state index is 0.102. The molecule has 1 N–H and O–H groups in total. The molecule has 4 nitrogen and oxygen atoms in total. The summed E-state index contributed by atoms with van der Waals surface area (Å²) in [5.41, 5.74) is 5.57. The minimum Gasteiger partial charge on any atom is -0.490 e. The Balaban J connectivity index is 1.98. The van der Waals surface area contributed by atoms with Gasteiger partial charge in [0.05, 0.1) is 27.2 Å². The molecule has 0 spiro atoms. The van der Waals surface area contributed by atoms with Crippen molar-refractivity contribution < 1.29 is 4.74 Å². The lowest BCUT2D eigenvalue weighted by Crippen LogP contribution is -2.05. The molecule has 1 heterocycles. The van der Waals surface area contributed by atoms with Crippen LogP contribution < -0.4 is 4.74 Å². The van der Waals surface area contributed by atoms with Crippen LogP contribution in [-0.2, 0) is 0 Å². The summed E-state index contributed by atoms with van der Waals surface area (Å²) < 4.78 is 6.58. The van der Waals surface area contributed by atoms with Gasteiger partial charge in [0.25, 0.3) is 0 Å². The van der Waals surface area contributed by atoms with Crippen molar-refractivity contribution in [3.63, 3.8) is 0 Å². The SMILES string of the molecule is Cc1cc2nc(/C(C#N)=C\c3ccc(OC(C)C)c(Br)c3)[nH]c2cc1C. The van der Waals surface area contributed by atoms with Gasteiger partial charge in [-0.05, 0) is 90.7 Å². The highest BCUT2D eigenvalue weighted by molar-refractivity contribution is 9.10. The number of ether oxygens (including phenoxy) is 1. The second-order valence-corrected chi connectivity index (χ2v) is 7.42. The lowest BCUT2D eigenvalue weighted by molar-refractivity contribution is 0.241. The van der Waals surface area contributed by atoms with Crippen LogP contribution in [0.3, 0.4) is 0 Å². The van der Waals surface area contributed by atoms with E-state index >= 15 is 0 Å². The highest BCUT2D eigenvalue weighted by Crippen LogP contribution is 2.29. The number of rotatable bonds is 4. The molecule has 26 heavy (non-hydrogen) atoms. The van der Waals surface area contributed by atoms with E-state index in [4.69, 9.17) is 4.74 Å².